The molecule has 3 nitrogen and oxygen atoms in total. The number of alkyl halides is 3. The fraction of sp³-hybridized carbons (Fsp3) is 0.462. The number of aliphatic hydroxyl groups is 1. The van der Waals surface area contributed by atoms with Crippen LogP contribution in [0.15, 0.2) is 18.2 Å². The molecule has 0 radical (unpaired) electrons. The van der Waals surface area contributed by atoms with Crippen molar-refractivity contribution in [1.29, 1.82) is 0 Å². The minimum absolute atomic E-state index is 0.0799. The summed E-state index contributed by atoms with van der Waals surface area (Å²) in [6, 6.07) is 3.68. The number of hydrogen-bond donors (Lipinski definition) is 2. The molecule has 0 fully saturated rings. The standard InChI is InChI=1S/C13H17F3N2OS/c1-2-5-18(6-7-19)9-3-4-11(13(14,15)16)10(8-9)12(17)20/h3-4,8,19H,2,5-7H2,1H3,(H2,17,20). The smallest absolute Gasteiger partial charge is 0.395 e. The summed E-state index contributed by atoms with van der Waals surface area (Å²) in [4.78, 5) is 1.50. The molecule has 0 aliphatic heterocycles. The van der Waals surface area contributed by atoms with Crippen LogP contribution in [0.5, 0.6) is 0 Å². The van der Waals surface area contributed by atoms with Crippen LogP contribution in [0.1, 0.15) is 24.5 Å². The molecule has 1 rings (SSSR count). The molecule has 0 bridgehead atoms. The highest BCUT2D eigenvalue weighted by Crippen LogP contribution is 2.34. The van der Waals surface area contributed by atoms with Gasteiger partial charge in [-0.3, -0.25) is 0 Å². The van der Waals surface area contributed by atoms with Gasteiger partial charge in [0.25, 0.3) is 0 Å². The average Bonchev–Trinajstić information content (AvgIpc) is 2.36. The van der Waals surface area contributed by atoms with E-state index in [1.165, 1.54) is 12.1 Å². The number of nitrogens with two attached hydrogens (primary N) is 1. The second-order valence-corrected chi connectivity index (χ2v) is 4.74. The Morgan fingerprint density at radius 3 is 2.45 bits per heavy atom. The summed E-state index contributed by atoms with van der Waals surface area (Å²) < 4.78 is 38.6. The fourth-order valence-corrected chi connectivity index (χ4v) is 2.11. The van der Waals surface area contributed by atoms with Gasteiger partial charge < -0.3 is 15.7 Å². The first kappa shape index (κ1) is 16.7. The maximum atomic E-state index is 12.9. The third-order valence-electron chi connectivity index (χ3n) is 2.80. The van der Waals surface area contributed by atoms with E-state index in [9.17, 15) is 13.2 Å². The van der Waals surface area contributed by atoms with E-state index in [4.69, 9.17) is 23.1 Å². The highest BCUT2D eigenvalue weighted by atomic mass is 32.1. The SMILES string of the molecule is CCCN(CCO)c1ccc(C(F)(F)F)c(C(N)=S)c1. The van der Waals surface area contributed by atoms with Crippen LogP contribution in [-0.2, 0) is 6.18 Å². The van der Waals surface area contributed by atoms with Crippen LogP contribution < -0.4 is 10.6 Å². The van der Waals surface area contributed by atoms with Gasteiger partial charge in [0.15, 0.2) is 0 Å². The van der Waals surface area contributed by atoms with E-state index in [2.05, 4.69) is 0 Å². The first-order chi connectivity index (χ1) is 9.31. The van der Waals surface area contributed by atoms with Crippen molar-refractivity contribution in [3.8, 4) is 0 Å². The van der Waals surface area contributed by atoms with Gasteiger partial charge in [0.2, 0.25) is 0 Å². The molecule has 0 aliphatic carbocycles. The number of halogens is 3. The van der Waals surface area contributed by atoms with E-state index in [0.29, 0.717) is 18.8 Å². The van der Waals surface area contributed by atoms with E-state index in [-0.39, 0.29) is 17.2 Å². The summed E-state index contributed by atoms with van der Waals surface area (Å²) in [5.41, 5.74) is 4.93. The van der Waals surface area contributed by atoms with E-state index >= 15 is 0 Å². The third-order valence-corrected chi connectivity index (χ3v) is 3.02. The van der Waals surface area contributed by atoms with Crippen LogP contribution >= 0.6 is 12.2 Å². The van der Waals surface area contributed by atoms with Crippen molar-refractivity contribution >= 4 is 22.9 Å². The predicted molar refractivity (Wildman–Crippen MR) is 76.9 cm³/mol. The summed E-state index contributed by atoms with van der Waals surface area (Å²) in [6.07, 6.45) is -3.69. The van der Waals surface area contributed by atoms with Crippen molar-refractivity contribution in [3.63, 3.8) is 0 Å². The van der Waals surface area contributed by atoms with Crippen molar-refractivity contribution < 1.29 is 18.3 Å². The Labute approximate surface area is 121 Å². The van der Waals surface area contributed by atoms with Crippen LogP contribution in [0, 0.1) is 0 Å². The minimum atomic E-state index is -4.50. The van der Waals surface area contributed by atoms with E-state index in [1.807, 2.05) is 6.92 Å². The zero-order valence-electron chi connectivity index (χ0n) is 11.1. The van der Waals surface area contributed by atoms with Crippen molar-refractivity contribution in [3.05, 3.63) is 29.3 Å². The van der Waals surface area contributed by atoms with E-state index < -0.39 is 11.7 Å². The molecule has 0 heterocycles. The second-order valence-electron chi connectivity index (χ2n) is 4.30. The van der Waals surface area contributed by atoms with Crippen molar-refractivity contribution in [1.82, 2.24) is 0 Å². The molecule has 7 heteroatoms. The number of aliphatic hydroxyl groups excluding tert-OH is 1. The zero-order valence-corrected chi connectivity index (χ0v) is 11.9. The fourth-order valence-electron chi connectivity index (χ4n) is 1.94. The molecule has 0 aromatic heterocycles. The van der Waals surface area contributed by atoms with Gasteiger partial charge in [-0.2, -0.15) is 13.2 Å². The maximum absolute atomic E-state index is 12.9. The lowest BCUT2D eigenvalue weighted by atomic mass is 10.1. The van der Waals surface area contributed by atoms with Crippen LogP contribution in [-0.4, -0.2) is 29.8 Å². The van der Waals surface area contributed by atoms with Gasteiger partial charge >= 0.3 is 6.18 Å². The predicted octanol–water partition coefficient (Wildman–Crippen LogP) is 2.55. The molecule has 1 aromatic rings. The van der Waals surface area contributed by atoms with Gasteiger partial charge in [-0.05, 0) is 24.6 Å². The lowest BCUT2D eigenvalue weighted by Gasteiger charge is -2.25. The first-order valence-electron chi connectivity index (χ1n) is 6.18. The second kappa shape index (κ2) is 6.90. The Balaban J connectivity index is 3.24. The number of rotatable bonds is 6. The van der Waals surface area contributed by atoms with Crippen molar-refractivity contribution in [2.75, 3.05) is 24.6 Å². The van der Waals surface area contributed by atoms with E-state index in [1.54, 1.807) is 4.90 Å². The van der Waals surface area contributed by atoms with Gasteiger partial charge in [0.05, 0.1) is 12.2 Å². The van der Waals surface area contributed by atoms with Crippen molar-refractivity contribution in [2.24, 2.45) is 5.73 Å². The monoisotopic (exact) mass is 306 g/mol. The van der Waals surface area contributed by atoms with Gasteiger partial charge in [0.1, 0.15) is 4.99 Å². The zero-order chi connectivity index (χ0) is 15.3. The van der Waals surface area contributed by atoms with Crippen LogP contribution in [0.3, 0.4) is 0 Å². The summed E-state index contributed by atoms with van der Waals surface area (Å²) in [6.45, 7) is 2.84. The summed E-state index contributed by atoms with van der Waals surface area (Å²) in [5.74, 6) is 0. The Morgan fingerprint density at radius 2 is 2.00 bits per heavy atom. The van der Waals surface area contributed by atoms with Crippen LogP contribution in [0.25, 0.3) is 0 Å². The van der Waals surface area contributed by atoms with E-state index in [0.717, 1.165) is 12.5 Å². The van der Waals surface area contributed by atoms with Gasteiger partial charge in [-0.15, -0.1) is 0 Å². The topological polar surface area (TPSA) is 49.5 Å². The Morgan fingerprint density at radius 1 is 1.35 bits per heavy atom. The number of benzene rings is 1. The lowest BCUT2D eigenvalue weighted by molar-refractivity contribution is -0.137. The van der Waals surface area contributed by atoms with Crippen LogP contribution in [0.2, 0.25) is 0 Å². The Kier molecular flexibility index (Phi) is 5.76. The largest absolute Gasteiger partial charge is 0.417 e. The van der Waals surface area contributed by atoms with Crippen molar-refractivity contribution in [2.45, 2.75) is 19.5 Å². The average molecular weight is 306 g/mol. The number of nitrogens with zero attached hydrogens (tertiary/aromatic N) is 1. The molecular weight excluding hydrogens is 289 g/mol. The molecule has 20 heavy (non-hydrogen) atoms. The number of thiocarbonyl (C=S) groups is 1. The molecule has 112 valence electrons. The molecular formula is C13H17F3N2OS. The first-order valence-corrected chi connectivity index (χ1v) is 6.59. The quantitative estimate of drug-likeness (QED) is 0.793. The molecule has 0 amide bonds. The number of anilines is 1. The van der Waals surface area contributed by atoms with Gasteiger partial charge in [-0.1, -0.05) is 19.1 Å². The normalized spacial score (nSPS) is 11.4. The minimum Gasteiger partial charge on any atom is -0.395 e. The number of hydrogen-bond acceptors (Lipinski definition) is 3. The molecule has 0 aliphatic rings. The molecule has 0 atom stereocenters. The molecule has 3 N–H and O–H groups in total. The highest BCUT2D eigenvalue weighted by molar-refractivity contribution is 7.80. The summed E-state index contributed by atoms with van der Waals surface area (Å²) in [5, 5.41) is 9.01. The highest BCUT2D eigenvalue weighted by Gasteiger charge is 2.34. The van der Waals surface area contributed by atoms with Crippen LogP contribution in [0.4, 0.5) is 18.9 Å². The molecule has 0 saturated carbocycles. The molecule has 0 spiro atoms. The van der Waals surface area contributed by atoms with Gasteiger partial charge in [-0.25, -0.2) is 0 Å². The Bertz CT molecular complexity index is 471. The molecule has 0 unspecified atom stereocenters. The molecule has 0 saturated heterocycles. The Hall–Kier alpha value is -1.34. The van der Waals surface area contributed by atoms with Gasteiger partial charge in [0, 0.05) is 24.3 Å². The third kappa shape index (κ3) is 4.08. The molecule has 1 aromatic carbocycles. The summed E-state index contributed by atoms with van der Waals surface area (Å²) >= 11 is 4.70. The summed E-state index contributed by atoms with van der Waals surface area (Å²) in [7, 11) is 0. The maximum Gasteiger partial charge on any atom is 0.417 e. The lowest BCUT2D eigenvalue weighted by Crippen LogP contribution is -2.28.